The molecule has 4 rings (SSSR count). The molecule has 1 aliphatic rings. The van der Waals surface area contributed by atoms with Gasteiger partial charge in [-0.3, -0.25) is 9.69 Å². The van der Waals surface area contributed by atoms with Gasteiger partial charge in [0.15, 0.2) is 15.2 Å². The van der Waals surface area contributed by atoms with Crippen molar-refractivity contribution in [3.63, 3.8) is 0 Å². The minimum absolute atomic E-state index is 0.421. The Kier molecular flexibility index (Phi) is 4.41. The normalized spacial score (nSPS) is 18.4. The average molecular weight is 379 g/mol. The van der Waals surface area contributed by atoms with Gasteiger partial charge in [-0.1, -0.05) is 48.5 Å². The van der Waals surface area contributed by atoms with Crippen LogP contribution < -0.4 is 9.64 Å². The number of benzene rings is 3. The van der Waals surface area contributed by atoms with Crippen LogP contribution in [0.2, 0.25) is 0 Å². The average Bonchev–Trinajstić information content (AvgIpc) is 2.92. The highest BCUT2D eigenvalue weighted by Gasteiger charge is 2.45. The topological polar surface area (TPSA) is 63.7 Å². The van der Waals surface area contributed by atoms with E-state index in [1.54, 1.807) is 48.5 Å². The zero-order valence-corrected chi connectivity index (χ0v) is 15.2. The van der Waals surface area contributed by atoms with Gasteiger partial charge in [-0.15, -0.1) is 0 Å². The third-order valence-electron chi connectivity index (χ3n) is 4.35. The molecule has 1 aliphatic heterocycles. The van der Waals surface area contributed by atoms with Gasteiger partial charge >= 0.3 is 0 Å². The fourth-order valence-electron chi connectivity index (χ4n) is 3.16. The summed E-state index contributed by atoms with van der Waals surface area (Å²) in [4.78, 5) is 13.8. The van der Waals surface area contributed by atoms with Crippen LogP contribution in [0.1, 0.15) is 10.9 Å². The molecule has 1 saturated heterocycles. The number of rotatable bonds is 4. The van der Waals surface area contributed by atoms with Gasteiger partial charge < -0.3 is 4.74 Å². The maximum Gasteiger partial charge on any atom is 0.243 e. The molecule has 0 aromatic heterocycles. The highest BCUT2D eigenvalue weighted by molar-refractivity contribution is 7.93. The molecule has 27 heavy (non-hydrogen) atoms. The molecule has 6 heteroatoms. The first-order chi connectivity index (χ1) is 13.0. The highest BCUT2D eigenvalue weighted by atomic mass is 32.2. The van der Waals surface area contributed by atoms with Gasteiger partial charge in [0.25, 0.3) is 0 Å². The molecular formula is C21H17NO4S. The van der Waals surface area contributed by atoms with Crippen molar-refractivity contribution in [3.8, 4) is 11.5 Å². The maximum absolute atomic E-state index is 12.6. The van der Waals surface area contributed by atoms with Crippen LogP contribution >= 0.6 is 0 Å². The van der Waals surface area contributed by atoms with E-state index in [1.165, 1.54) is 4.90 Å². The quantitative estimate of drug-likeness (QED) is 0.689. The van der Waals surface area contributed by atoms with Gasteiger partial charge in [-0.2, -0.15) is 0 Å². The lowest BCUT2D eigenvalue weighted by molar-refractivity contribution is -0.115. The molecule has 0 aliphatic carbocycles. The molecule has 5 nitrogen and oxygen atoms in total. The SMILES string of the molecule is O=C1CS(=O)(=O)[C@H](c2ccc(Oc3ccccc3)cc2)N1c1ccccc1. The van der Waals surface area contributed by atoms with E-state index >= 15 is 0 Å². The Balaban J connectivity index is 1.66. The van der Waals surface area contributed by atoms with E-state index in [9.17, 15) is 13.2 Å². The monoisotopic (exact) mass is 379 g/mol. The van der Waals surface area contributed by atoms with Crippen LogP contribution in [0.3, 0.4) is 0 Å². The molecule has 1 fully saturated rings. The first-order valence-corrected chi connectivity index (χ1v) is 10.2. The van der Waals surface area contributed by atoms with Crippen molar-refractivity contribution >= 4 is 21.4 Å². The molecule has 0 saturated carbocycles. The Morgan fingerprint density at radius 2 is 1.33 bits per heavy atom. The Labute approximate surface area is 157 Å². The number of para-hydroxylation sites is 2. The van der Waals surface area contributed by atoms with E-state index in [-0.39, 0.29) is 0 Å². The van der Waals surface area contributed by atoms with Crippen molar-refractivity contribution in [3.05, 3.63) is 90.5 Å². The largest absolute Gasteiger partial charge is 0.457 e. The molecular weight excluding hydrogens is 362 g/mol. The molecule has 3 aromatic carbocycles. The number of hydrogen-bond donors (Lipinski definition) is 0. The minimum Gasteiger partial charge on any atom is -0.457 e. The number of ether oxygens (including phenoxy) is 1. The predicted molar refractivity (Wildman–Crippen MR) is 103 cm³/mol. The van der Waals surface area contributed by atoms with Crippen LogP contribution in [-0.4, -0.2) is 20.1 Å². The summed E-state index contributed by atoms with van der Waals surface area (Å²) in [5, 5.41) is -1.03. The van der Waals surface area contributed by atoms with Crippen molar-refractivity contribution in [2.24, 2.45) is 0 Å². The smallest absolute Gasteiger partial charge is 0.243 e. The Hall–Kier alpha value is -3.12. The minimum atomic E-state index is -3.62. The summed E-state index contributed by atoms with van der Waals surface area (Å²) >= 11 is 0. The Bertz CT molecular complexity index is 1050. The summed E-state index contributed by atoms with van der Waals surface area (Å²) in [5.41, 5.74) is 1.10. The van der Waals surface area contributed by atoms with E-state index < -0.39 is 26.9 Å². The van der Waals surface area contributed by atoms with Gasteiger partial charge in [0.2, 0.25) is 5.91 Å². The van der Waals surface area contributed by atoms with Crippen molar-refractivity contribution < 1.29 is 17.9 Å². The van der Waals surface area contributed by atoms with Gasteiger partial charge in [0.05, 0.1) is 0 Å². The summed E-state index contributed by atoms with van der Waals surface area (Å²) in [6.07, 6.45) is 0. The van der Waals surface area contributed by atoms with Gasteiger partial charge in [-0.25, -0.2) is 8.42 Å². The van der Waals surface area contributed by atoms with Crippen LogP contribution in [0.15, 0.2) is 84.9 Å². The number of hydrogen-bond acceptors (Lipinski definition) is 4. The number of sulfone groups is 1. The number of carbonyl (C=O) groups is 1. The fraction of sp³-hybridized carbons (Fsp3) is 0.0952. The lowest BCUT2D eigenvalue weighted by atomic mass is 10.2. The molecule has 0 unspecified atom stereocenters. The van der Waals surface area contributed by atoms with Crippen LogP contribution in [0.25, 0.3) is 0 Å². The summed E-state index contributed by atoms with van der Waals surface area (Å²) in [5.74, 6) is 0.378. The number of carbonyl (C=O) groups excluding carboxylic acids is 1. The van der Waals surface area contributed by atoms with Crippen LogP contribution in [-0.2, 0) is 14.6 Å². The van der Waals surface area contributed by atoms with E-state index in [2.05, 4.69) is 0 Å². The molecule has 3 aromatic rings. The van der Waals surface area contributed by atoms with E-state index in [0.717, 1.165) is 0 Å². The first kappa shape index (κ1) is 17.3. The zero-order chi connectivity index (χ0) is 18.9. The molecule has 0 bridgehead atoms. The van der Waals surface area contributed by atoms with Gasteiger partial charge in [0.1, 0.15) is 17.3 Å². The predicted octanol–water partition coefficient (Wildman–Crippen LogP) is 3.94. The second-order valence-electron chi connectivity index (χ2n) is 6.24. The van der Waals surface area contributed by atoms with Crippen molar-refractivity contribution in [2.45, 2.75) is 5.37 Å². The summed E-state index contributed by atoms with van der Waals surface area (Å²) < 4.78 is 31.0. The molecule has 1 amide bonds. The first-order valence-electron chi connectivity index (χ1n) is 8.46. The molecule has 0 N–H and O–H groups in total. The zero-order valence-electron chi connectivity index (χ0n) is 14.4. The summed E-state index contributed by atoms with van der Waals surface area (Å²) in [6, 6.07) is 25.0. The fourth-order valence-corrected chi connectivity index (χ4v) is 4.93. The Morgan fingerprint density at radius 3 is 1.96 bits per heavy atom. The molecule has 136 valence electrons. The van der Waals surface area contributed by atoms with E-state index in [4.69, 9.17) is 4.74 Å². The van der Waals surface area contributed by atoms with Gasteiger partial charge in [0, 0.05) is 5.69 Å². The summed E-state index contributed by atoms with van der Waals surface area (Å²) in [6.45, 7) is 0. The molecule has 0 spiro atoms. The highest BCUT2D eigenvalue weighted by Crippen LogP contribution is 2.38. The van der Waals surface area contributed by atoms with Crippen LogP contribution in [0.5, 0.6) is 11.5 Å². The number of amides is 1. The van der Waals surface area contributed by atoms with Crippen LogP contribution in [0.4, 0.5) is 5.69 Å². The number of anilines is 1. The van der Waals surface area contributed by atoms with Crippen molar-refractivity contribution in [2.75, 3.05) is 10.7 Å². The van der Waals surface area contributed by atoms with Crippen molar-refractivity contribution in [1.29, 1.82) is 0 Å². The van der Waals surface area contributed by atoms with Gasteiger partial charge in [-0.05, 0) is 42.0 Å². The van der Waals surface area contributed by atoms with E-state index in [1.807, 2.05) is 36.4 Å². The summed E-state index contributed by atoms with van der Waals surface area (Å²) in [7, 11) is -3.62. The molecule has 0 radical (unpaired) electrons. The number of nitrogens with zero attached hydrogens (tertiary/aromatic N) is 1. The second-order valence-corrected chi connectivity index (χ2v) is 8.30. The third-order valence-corrected chi connectivity index (χ3v) is 6.16. The second kappa shape index (κ2) is 6.89. The van der Waals surface area contributed by atoms with Crippen LogP contribution in [0, 0.1) is 0 Å². The maximum atomic E-state index is 12.6. The Morgan fingerprint density at radius 1 is 0.778 bits per heavy atom. The molecule has 1 atom stereocenters. The van der Waals surface area contributed by atoms with Crippen molar-refractivity contribution in [1.82, 2.24) is 0 Å². The standard InChI is InChI=1S/C21H17NO4S/c23-20-15-27(24,25)21(22(20)17-7-3-1-4-8-17)16-11-13-19(14-12-16)26-18-9-5-2-6-10-18/h1-14,21H,15H2/t21-/m1/s1. The molecule has 1 heterocycles. The lowest BCUT2D eigenvalue weighted by Crippen LogP contribution is -2.28. The third kappa shape index (κ3) is 3.44. The lowest BCUT2D eigenvalue weighted by Gasteiger charge is -2.24. The van der Waals surface area contributed by atoms with E-state index in [0.29, 0.717) is 22.7 Å².